The monoisotopic (exact) mass is 295 g/mol. The van der Waals surface area contributed by atoms with Gasteiger partial charge in [0, 0.05) is 18.3 Å². The summed E-state index contributed by atoms with van der Waals surface area (Å²) in [5, 5.41) is 3.55. The smallest absolute Gasteiger partial charge is 0.119 e. The molecule has 0 radical (unpaired) electrons. The van der Waals surface area contributed by atoms with Gasteiger partial charge in [0.2, 0.25) is 0 Å². The van der Waals surface area contributed by atoms with Crippen molar-refractivity contribution in [3.63, 3.8) is 0 Å². The Morgan fingerprint density at radius 3 is 2.55 bits per heavy atom. The number of nitrogens with one attached hydrogen (secondary N) is 1. The van der Waals surface area contributed by atoms with E-state index in [9.17, 15) is 0 Å². The van der Waals surface area contributed by atoms with Crippen molar-refractivity contribution in [2.45, 2.75) is 52.6 Å². The first kappa shape index (κ1) is 17.4. The summed E-state index contributed by atoms with van der Waals surface area (Å²) in [5.74, 6) is 3.35. The zero-order valence-corrected chi connectivity index (χ0v) is 14.0. The average molecular weight is 295 g/mol. The minimum atomic E-state index is 0.560. The van der Waals surface area contributed by atoms with Crippen molar-refractivity contribution >= 4 is 11.8 Å². The van der Waals surface area contributed by atoms with Crippen LogP contribution < -0.4 is 10.1 Å². The van der Waals surface area contributed by atoms with E-state index in [-0.39, 0.29) is 0 Å². The lowest BCUT2D eigenvalue weighted by Gasteiger charge is -2.13. The predicted molar refractivity (Wildman–Crippen MR) is 90.8 cm³/mol. The SMILES string of the molecule is CCCCCOc1ccc(CNC(C)CSCC)cc1. The third kappa shape index (κ3) is 7.81. The van der Waals surface area contributed by atoms with E-state index in [1.54, 1.807) is 0 Å². The van der Waals surface area contributed by atoms with Gasteiger partial charge in [-0.3, -0.25) is 0 Å². The van der Waals surface area contributed by atoms with Crippen LogP contribution in [-0.2, 0) is 6.54 Å². The molecule has 1 atom stereocenters. The molecular formula is C17H29NOS. The zero-order valence-electron chi connectivity index (χ0n) is 13.2. The molecule has 2 nitrogen and oxygen atoms in total. The number of ether oxygens (including phenoxy) is 1. The normalized spacial score (nSPS) is 12.3. The van der Waals surface area contributed by atoms with Crippen molar-refractivity contribution in [3.8, 4) is 5.75 Å². The van der Waals surface area contributed by atoms with Gasteiger partial charge in [0.05, 0.1) is 6.61 Å². The summed E-state index contributed by atoms with van der Waals surface area (Å²) in [7, 11) is 0. The third-order valence-corrected chi connectivity index (χ3v) is 4.31. The number of hydrogen-bond donors (Lipinski definition) is 1. The van der Waals surface area contributed by atoms with Crippen molar-refractivity contribution in [3.05, 3.63) is 29.8 Å². The fourth-order valence-electron chi connectivity index (χ4n) is 1.89. The Bertz CT molecular complexity index is 339. The lowest BCUT2D eigenvalue weighted by molar-refractivity contribution is 0.306. The van der Waals surface area contributed by atoms with E-state index in [1.165, 1.54) is 29.9 Å². The van der Waals surface area contributed by atoms with Crippen LogP contribution in [0.2, 0.25) is 0 Å². The van der Waals surface area contributed by atoms with Gasteiger partial charge in [-0.25, -0.2) is 0 Å². The molecule has 114 valence electrons. The first-order valence-electron chi connectivity index (χ1n) is 7.79. The fourth-order valence-corrected chi connectivity index (χ4v) is 2.60. The van der Waals surface area contributed by atoms with Crippen LogP contribution in [0, 0.1) is 0 Å². The summed E-state index contributed by atoms with van der Waals surface area (Å²) < 4.78 is 5.72. The third-order valence-electron chi connectivity index (χ3n) is 3.17. The van der Waals surface area contributed by atoms with E-state index < -0.39 is 0 Å². The van der Waals surface area contributed by atoms with Crippen molar-refractivity contribution in [1.29, 1.82) is 0 Å². The molecule has 0 aliphatic heterocycles. The maximum atomic E-state index is 5.72. The highest BCUT2D eigenvalue weighted by molar-refractivity contribution is 7.99. The van der Waals surface area contributed by atoms with E-state index in [0.717, 1.165) is 25.3 Å². The molecule has 0 saturated heterocycles. The minimum absolute atomic E-state index is 0.560. The Balaban J connectivity index is 2.24. The standard InChI is InChI=1S/C17H29NOS/c1-4-6-7-12-19-17-10-8-16(9-11-17)13-18-15(3)14-20-5-2/h8-11,15,18H,4-7,12-14H2,1-3H3. The lowest BCUT2D eigenvalue weighted by atomic mass is 10.2. The second kappa shape index (κ2) is 11.0. The molecule has 0 heterocycles. The van der Waals surface area contributed by atoms with Crippen LogP contribution in [0.1, 0.15) is 45.6 Å². The van der Waals surface area contributed by atoms with Crippen LogP contribution in [0.25, 0.3) is 0 Å². The molecule has 0 amide bonds. The van der Waals surface area contributed by atoms with Gasteiger partial charge in [-0.2, -0.15) is 11.8 Å². The number of unbranched alkanes of at least 4 members (excludes halogenated alkanes) is 2. The van der Waals surface area contributed by atoms with Crippen molar-refractivity contribution in [2.75, 3.05) is 18.1 Å². The molecule has 1 N–H and O–H groups in total. The van der Waals surface area contributed by atoms with E-state index >= 15 is 0 Å². The maximum absolute atomic E-state index is 5.72. The first-order chi connectivity index (χ1) is 9.76. The molecule has 0 bridgehead atoms. The molecular weight excluding hydrogens is 266 g/mol. The van der Waals surface area contributed by atoms with Gasteiger partial charge in [-0.1, -0.05) is 38.8 Å². The Morgan fingerprint density at radius 1 is 1.15 bits per heavy atom. The van der Waals surface area contributed by atoms with E-state index in [0.29, 0.717) is 6.04 Å². The molecule has 1 aromatic carbocycles. The Kier molecular flexibility index (Phi) is 9.60. The van der Waals surface area contributed by atoms with Gasteiger partial charge >= 0.3 is 0 Å². The molecule has 0 saturated carbocycles. The summed E-state index contributed by atoms with van der Waals surface area (Å²) in [4.78, 5) is 0. The molecule has 1 aromatic rings. The van der Waals surface area contributed by atoms with Gasteiger partial charge in [-0.15, -0.1) is 0 Å². The highest BCUT2D eigenvalue weighted by Crippen LogP contribution is 2.13. The second-order valence-electron chi connectivity index (χ2n) is 5.14. The average Bonchev–Trinajstić information content (AvgIpc) is 2.48. The van der Waals surface area contributed by atoms with Crippen molar-refractivity contribution in [1.82, 2.24) is 5.32 Å². The summed E-state index contributed by atoms with van der Waals surface area (Å²) in [6, 6.07) is 9.02. The van der Waals surface area contributed by atoms with Crippen LogP contribution in [0.3, 0.4) is 0 Å². The summed E-state index contributed by atoms with van der Waals surface area (Å²) in [6.45, 7) is 8.42. The first-order valence-corrected chi connectivity index (χ1v) is 8.94. The van der Waals surface area contributed by atoms with Crippen molar-refractivity contribution in [2.24, 2.45) is 0 Å². The summed E-state index contributed by atoms with van der Waals surface area (Å²) in [5.41, 5.74) is 1.32. The van der Waals surface area contributed by atoms with Crippen LogP contribution in [0.5, 0.6) is 5.75 Å². The van der Waals surface area contributed by atoms with Gasteiger partial charge in [0.25, 0.3) is 0 Å². The van der Waals surface area contributed by atoms with Crippen LogP contribution >= 0.6 is 11.8 Å². The quantitative estimate of drug-likeness (QED) is 0.608. The maximum Gasteiger partial charge on any atom is 0.119 e. The van der Waals surface area contributed by atoms with Gasteiger partial charge in [0.15, 0.2) is 0 Å². The molecule has 0 aromatic heterocycles. The number of thioether (sulfide) groups is 1. The molecule has 0 spiro atoms. The second-order valence-corrected chi connectivity index (χ2v) is 6.46. The Labute approximate surface area is 128 Å². The summed E-state index contributed by atoms with van der Waals surface area (Å²) in [6.07, 6.45) is 3.63. The Morgan fingerprint density at radius 2 is 1.90 bits per heavy atom. The molecule has 0 aliphatic carbocycles. The van der Waals surface area contributed by atoms with Gasteiger partial charge in [0.1, 0.15) is 5.75 Å². The highest BCUT2D eigenvalue weighted by Gasteiger charge is 2.01. The van der Waals surface area contributed by atoms with Crippen molar-refractivity contribution < 1.29 is 4.74 Å². The largest absolute Gasteiger partial charge is 0.494 e. The van der Waals surface area contributed by atoms with E-state index in [4.69, 9.17) is 4.74 Å². The zero-order chi connectivity index (χ0) is 14.6. The van der Waals surface area contributed by atoms with E-state index in [1.807, 2.05) is 11.8 Å². The minimum Gasteiger partial charge on any atom is -0.494 e. The van der Waals surface area contributed by atoms with Crippen LogP contribution in [0.4, 0.5) is 0 Å². The topological polar surface area (TPSA) is 21.3 Å². The fraction of sp³-hybridized carbons (Fsp3) is 0.647. The van der Waals surface area contributed by atoms with Gasteiger partial charge in [-0.05, 0) is 36.8 Å². The molecule has 3 heteroatoms. The lowest BCUT2D eigenvalue weighted by Crippen LogP contribution is -2.27. The molecule has 1 rings (SSSR count). The number of hydrogen-bond acceptors (Lipinski definition) is 3. The molecule has 0 aliphatic rings. The molecule has 0 fully saturated rings. The van der Waals surface area contributed by atoms with Crippen LogP contribution in [-0.4, -0.2) is 24.2 Å². The molecule has 20 heavy (non-hydrogen) atoms. The number of rotatable bonds is 11. The van der Waals surface area contributed by atoms with E-state index in [2.05, 4.69) is 50.4 Å². The van der Waals surface area contributed by atoms with Crippen LogP contribution in [0.15, 0.2) is 24.3 Å². The molecule has 1 unspecified atom stereocenters. The summed E-state index contributed by atoms with van der Waals surface area (Å²) >= 11 is 1.98. The Hall–Kier alpha value is -0.670. The van der Waals surface area contributed by atoms with Gasteiger partial charge < -0.3 is 10.1 Å². The highest BCUT2D eigenvalue weighted by atomic mass is 32.2. The predicted octanol–water partition coefficient (Wildman–Crippen LogP) is 4.49. The number of benzene rings is 1.